The van der Waals surface area contributed by atoms with Crippen LogP contribution in [0.15, 0.2) is 41.7 Å². The molecule has 0 radical (unpaired) electrons. The van der Waals surface area contributed by atoms with Crippen molar-refractivity contribution < 1.29 is 22.7 Å². The van der Waals surface area contributed by atoms with Crippen LogP contribution < -0.4 is 4.74 Å². The number of rotatable bonds is 7. The Hall–Kier alpha value is -3.25. The first-order valence-electron chi connectivity index (χ1n) is 11.1. The molecule has 12 heteroatoms. The van der Waals surface area contributed by atoms with Crippen molar-refractivity contribution in [1.82, 2.24) is 29.5 Å². The third-order valence-electron chi connectivity index (χ3n) is 5.57. The Bertz CT molecular complexity index is 1250. The van der Waals surface area contributed by atoms with E-state index in [1.165, 1.54) is 12.6 Å². The average Bonchev–Trinajstić information content (AvgIpc) is 3.24. The summed E-state index contributed by atoms with van der Waals surface area (Å²) in [6.45, 7) is 7.56. The Morgan fingerprint density at radius 1 is 1.12 bits per heavy atom. The van der Waals surface area contributed by atoms with Gasteiger partial charge in [-0.3, -0.25) is 4.90 Å². The SMILES string of the molecule is CCOC(=O)N1CCN(CC(C)Oc2ncnc3c2cnn3-c2ccc(S(C)(=O)=O)cc2)CC1. The minimum absolute atomic E-state index is 0.148. The van der Waals surface area contributed by atoms with Crippen LogP contribution in [0, 0.1) is 0 Å². The quantitative estimate of drug-likeness (QED) is 0.490. The lowest BCUT2D eigenvalue weighted by atomic mass is 10.3. The second-order valence-corrected chi connectivity index (χ2v) is 10.2. The lowest BCUT2D eigenvalue weighted by Gasteiger charge is -2.35. The molecule has 1 amide bonds. The molecular formula is C22H28N6O5S. The van der Waals surface area contributed by atoms with Gasteiger partial charge in [0.25, 0.3) is 0 Å². The van der Waals surface area contributed by atoms with Gasteiger partial charge in [-0.15, -0.1) is 0 Å². The zero-order chi connectivity index (χ0) is 24.3. The molecule has 1 atom stereocenters. The van der Waals surface area contributed by atoms with Crippen molar-refractivity contribution in [3.63, 3.8) is 0 Å². The van der Waals surface area contributed by atoms with Crippen LogP contribution in [0.4, 0.5) is 4.79 Å². The minimum atomic E-state index is -3.28. The minimum Gasteiger partial charge on any atom is -0.473 e. The number of ether oxygens (including phenoxy) is 2. The predicted molar refractivity (Wildman–Crippen MR) is 125 cm³/mol. The van der Waals surface area contributed by atoms with Crippen LogP contribution in [0.1, 0.15) is 13.8 Å². The Labute approximate surface area is 198 Å². The van der Waals surface area contributed by atoms with Crippen molar-refractivity contribution in [3.05, 3.63) is 36.8 Å². The van der Waals surface area contributed by atoms with E-state index in [1.54, 1.807) is 47.0 Å². The summed E-state index contributed by atoms with van der Waals surface area (Å²) >= 11 is 0. The zero-order valence-electron chi connectivity index (χ0n) is 19.4. The second kappa shape index (κ2) is 9.94. The van der Waals surface area contributed by atoms with E-state index in [4.69, 9.17) is 9.47 Å². The third-order valence-corrected chi connectivity index (χ3v) is 6.69. The highest BCUT2D eigenvalue weighted by atomic mass is 32.2. The monoisotopic (exact) mass is 488 g/mol. The number of carbonyl (C=O) groups is 1. The molecule has 0 spiro atoms. The van der Waals surface area contributed by atoms with Crippen LogP contribution in [-0.4, -0.2) is 95.7 Å². The molecule has 1 aliphatic rings. The maximum Gasteiger partial charge on any atom is 0.409 e. The maximum atomic E-state index is 11.9. The fourth-order valence-electron chi connectivity index (χ4n) is 3.86. The molecule has 3 heterocycles. The maximum absolute atomic E-state index is 11.9. The molecule has 1 aromatic carbocycles. The topological polar surface area (TPSA) is 120 Å². The van der Waals surface area contributed by atoms with Gasteiger partial charge in [0.15, 0.2) is 15.5 Å². The van der Waals surface area contributed by atoms with E-state index in [-0.39, 0.29) is 17.1 Å². The summed E-state index contributed by atoms with van der Waals surface area (Å²) in [5, 5.41) is 5.07. The van der Waals surface area contributed by atoms with Crippen LogP contribution in [0.2, 0.25) is 0 Å². The van der Waals surface area contributed by atoms with Crippen LogP contribution in [-0.2, 0) is 14.6 Å². The van der Waals surface area contributed by atoms with E-state index < -0.39 is 9.84 Å². The van der Waals surface area contributed by atoms with Crippen molar-refractivity contribution >= 4 is 27.0 Å². The van der Waals surface area contributed by atoms with Gasteiger partial charge in [-0.2, -0.15) is 5.10 Å². The summed E-state index contributed by atoms with van der Waals surface area (Å²) in [5.74, 6) is 0.432. The molecule has 182 valence electrons. The van der Waals surface area contributed by atoms with Gasteiger partial charge in [0.05, 0.1) is 23.4 Å². The van der Waals surface area contributed by atoms with Crippen LogP contribution >= 0.6 is 0 Å². The molecule has 3 aromatic rings. The standard InChI is InChI=1S/C22H28N6O5S/c1-4-32-22(29)27-11-9-26(10-12-27)14-16(2)33-21-19-13-25-28(20(19)23-15-24-21)17-5-7-18(8-6-17)34(3,30)31/h5-8,13,15-16H,4,9-12,14H2,1-3H3. The number of hydrogen-bond donors (Lipinski definition) is 0. The molecule has 34 heavy (non-hydrogen) atoms. The van der Waals surface area contributed by atoms with E-state index in [0.29, 0.717) is 48.8 Å². The second-order valence-electron chi connectivity index (χ2n) is 8.15. The van der Waals surface area contributed by atoms with Gasteiger partial charge in [0.2, 0.25) is 5.88 Å². The number of fused-ring (bicyclic) bond motifs is 1. The number of nitrogens with zero attached hydrogens (tertiary/aromatic N) is 6. The van der Waals surface area contributed by atoms with Gasteiger partial charge in [-0.25, -0.2) is 27.9 Å². The molecule has 1 aliphatic heterocycles. The first kappa shape index (κ1) is 23.9. The highest BCUT2D eigenvalue weighted by Crippen LogP contribution is 2.25. The number of aromatic nitrogens is 4. The van der Waals surface area contributed by atoms with E-state index in [2.05, 4.69) is 20.0 Å². The Kier molecular flexibility index (Phi) is 6.98. The summed E-state index contributed by atoms with van der Waals surface area (Å²) in [7, 11) is -3.28. The smallest absolute Gasteiger partial charge is 0.409 e. The van der Waals surface area contributed by atoms with Crippen molar-refractivity contribution in [2.24, 2.45) is 0 Å². The summed E-state index contributed by atoms with van der Waals surface area (Å²) in [5.41, 5.74) is 1.24. The fraction of sp³-hybridized carbons (Fsp3) is 0.455. The Morgan fingerprint density at radius 2 is 1.82 bits per heavy atom. The molecule has 0 N–H and O–H groups in total. The zero-order valence-corrected chi connectivity index (χ0v) is 20.2. The van der Waals surface area contributed by atoms with E-state index in [0.717, 1.165) is 13.1 Å². The highest BCUT2D eigenvalue weighted by molar-refractivity contribution is 7.90. The molecular weight excluding hydrogens is 460 g/mol. The lowest BCUT2D eigenvalue weighted by Crippen LogP contribution is -2.50. The largest absolute Gasteiger partial charge is 0.473 e. The summed E-state index contributed by atoms with van der Waals surface area (Å²) in [6, 6.07) is 6.45. The van der Waals surface area contributed by atoms with Gasteiger partial charge in [0.1, 0.15) is 17.8 Å². The molecule has 0 bridgehead atoms. The third kappa shape index (κ3) is 5.28. The number of piperazine rings is 1. The van der Waals surface area contributed by atoms with Crippen molar-refractivity contribution in [1.29, 1.82) is 0 Å². The normalized spacial score (nSPS) is 15.9. The number of sulfone groups is 1. The van der Waals surface area contributed by atoms with Crippen molar-refractivity contribution in [2.45, 2.75) is 24.8 Å². The molecule has 1 fully saturated rings. The Morgan fingerprint density at radius 3 is 2.47 bits per heavy atom. The predicted octanol–water partition coefficient (Wildman–Crippen LogP) is 1.76. The van der Waals surface area contributed by atoms with E-state index in [1.807, 2.05) is 6.92 Å². The van der Waals surface area contributed by atoms with Crippen LogP contribution in [0.5, 0.6) is 5.88 Å². The van der Waals surface area contributed by atoms with Gasteiger partial charge < -0.3 is 14.4 Å². The van der Waals surface area contributed by atoms with Crippen LogP contribution in [0.3, 0.4) is 0 Å². The molecule has 2 aromatic heterocycles. The van der Waals surface area contributed by atoms with Gasteiger partial charge in [0, 0.05) is 39.0 Å². The van der Waals surface area contributed by atoms with E-state index in [9.17, 15) is 13.2 Å². The summed E-state index contributed by atoms with van der Waals surface area (Å²) in [4.78, 5) is 24.7. The number of hydrogen-bond acceptors (Lipinski definition) is 9. The van der Waals surface area contributed by atoms with Gasteiger partial charge >= 0.3 is 6.09 Å². The Balaban J connectivity index is 1.42. The molecule has 0 aliphatic carbocycles. The highest BCUT2D eigenvalue weighted by Gasteiger charge is 2.24. The summed E-state index contributed by atoms with van der Waals surface area (Å²) in [6.07, 6.45) is 3.82. The number of benzene rings is 1. The van der Waals surface area contributed by atoms with Gasteiger partial charge in [-0.1, -0.05) is 0 Å². The molecule has 4 rings (SSSR count). The first-order valence-corrected chi connectivity index (χ1v) is 13.0. The molecule has 1 unspecified atom stereocenters. The molecule has 1 saturated heterocycles. The number of amides is 1. The van der Waals surface area contributed by atoms with Crippen molar-refractivity contribution in [2.75, 3.05) is 45.6 Å². The first-order chi connectivity index (χ1) is 16.3. The number of carbonyl (C=O) groups excluding carboxylic acids is 1. The van der Waals surface area contributed by atoms with E-state index >= 15 is 0 Å². The molecule has 0 saturated carbocycles. The average molecular weight is 489 g/mol. The van der Waals surface area contributed by atoms with Crippen LogP contribution in [0.25, 0.3) is 16.7 Å². The van der Waals surface area contributed by atoms with Gasteiger partial charge in [-0.05, 0) is 38.1 Å². The molecule has 11 nitrogen and oxygen atoms in total. The summed E-state index contributed by atoms with van der Waals surface area (Å²) < 4.78 is 36.3. The fourth-order valence-corrected chi connectivity index (χ4v) is 4.49. The van der Waals surface area contributed by atoms with Crippen molar-refractivity contribution in [3.8, 4) is 11.6 Å². The lowest BCUT2D eigenvalue weighted by molar-refractivity contribution is 0.0661.